The molecule has 0 heterocycles. The van der Waals surface area contributed by atoms with Crippen LogP contribution in [0.1, 0.15) is 22.3 Å². The predicted molar refractivity (Wildman–Crippen MR) is 77.8 cm³/mol. The molecule has 0 saturated carbocycles. The van der Waals surface area contributed by atoms with Crippen molar-refractivity contribution in [1.82, 2.24) is 0 Å². The maximum absolute atomic E-state index is 10.0. The topological polar surface area (TPSA) is 30.6 Å². The molecule has 96 valence electrons. The van der Waals surface area contributed by atoms with Crippen molar-refractivity contribution in [3.8, 4) is 0 Å². The highest BCUT2D eigenvalue weighted by atomic mass is 16.5. The summed E-state index contributed by atoms with van der Waals surface area (Å²) in [5.74, 6) is 0.648. The zero-order chi connectivity index (χ0) is 13.8. The van der Waals surface area contributed by atoms with Gasteiger partial charge in [-0.05, 0) is 49.2 Å². The maximum atomic E-state index is 10.0. The Bertz CT molecular complexity index is 507. The number of hydrogen-bond acceptors (Lipinski definition) is 1. The molecule has 0 atom stereocenters. The zero-order valence-electron chi connectivity index (χ0n) is 11.5. The van der Waals surface area contributed by atoms with Gasteiger partial charge in [-0.2, -0.15) is 0 Å². The highest BCUT2D eigenvalue weighted by molar-refractivity contribution is 5.95. The summed E-state index contributed by atoms with van der Waals surface area (Å²) in [6, 6.07) is 16.0. The summed E-state index contributed by atoms with van der Waals surface area (Å²) in [6.07, 6.45) is 0. The molecule has 2 heteroatoms. The van der Waals surface area contributed by atoms with Crippen molar-refractivity contribution in [3.05, 3.63) is 76.7 Å². The molecular weight excluding hydrogens is 236 g/mol. The van der Waals surface area contributed by atoms with E-state index in [4.69, 9.17) is 4.74 Å². The first-order valence-corrected chi connectivity index (χ1v) is 6.23. The van der Waals surface area contributed by atoms with Gasteiger partial charge in [0.1, 0.15) is 0 Å². The van der Waals surface area contributed by atoms with Crippen LogP contribution in [0.4, 0.5) is 0 Å². The molecule has 0 spiro atoms. The Balaban J connectivity index is 2.44. The van der Waals surface area contributed by atoms with Crippen LogP contribution in [-0.2, 0) is 4.74 Å². The molecule has 0 saturated heterocycles. The fourth-order valence-electron chi connectivity index (χ4n) is 1.96. The van der Waals surface area contributed by atoms with E-state index in [-0.39, 0.29) is 5.97 Å². The standard InChI is InChI=1S/C17H17O2/c1-12-4-8-14(9-5-12)16(17(18)19-3)15-10-6-13(2)7-11-15/h4-11H,1-3H3/q+1/p+1. The lowest BCUT2D eigenvalue weighted by Crippen LogP contribution is -2.17. The number of esters is 1. The van der Waals surface area contributed by atoms with E-state index in [1.165, 1.54) is 18.2 Å². The van der Waals surface area contributed by atoms with Crippen LogP contribution in [-0.4, -0.2) is 17.9 Å². The number of aryl methyl sites for hydroxylation is 2. The van der Waals surface area contributed by atoms with Gasteiger partial charge in [-0.15, -0.1) is 0 Å². The van der Waals surface area contributed by atoms with Gasteiger partial charge in [0.15, 0.2) is 7.11 Å². The van der Waals surface area contributed by atoms with Crippen LogP contribution in [0, 0.1) is 19.8 Å². The summed E-state index contributed by atoms with van der Waals surface area (Å²) in [5.41, 5.74) is 4.25. The van der Waals surface area contributed by atoms with Gasteiger partial charge >= 0.3 is 5.97 Å². The van der Waals surface area contributed by atoms with E-state index in [0.29, 0.717) is 5.92 Å². The lowest BCUT2D eigenvalue weighted by Gasteiger charge is -2.05. The Hall–Kier alpha value is -2.22. The molecule has 1 N–H and O–H groups in total. The third-order valence-electron chi connectivity index (χ3n) is 3.09. The molecule has 0 aliphatic rings. The Labute approximate surface area is 114 Å². The summed E-state index contributed by atoms with van der Waals surface area (Å²) in [6.45, 7) is 4.07. The van der Waals surface area contributed by atoms with E-state index in [1.54, 1.807) is 0 Å². The molecular formula is C17H18O2+2. The minimum atomic E-state index is -0.0623. The molecule has 0 unspecified atom stereocenters. The summed E-state index contributed by atoms with van der Waals surface area (Å²) in [4.78, 5) is 10.0. The number of methoxy groups -OCH3 is 1. The largest absolute Gasteiger partial charge is 0.556 e. The summed E-state index contributed by atoms with van der Waals surface area (Å²) >= 11 is 0. The average Bonchev–Trinajstić information content (AvgIpc) is 2.43. The van der Waals surface area contributed by atoms with Crippen LogP contribution in [0.3, 0.4) is 0 Å². The van der Waals surface area contributed by atoms with E-state index in [1.807, 2.05) is 62.4 Å². The third-order valence-corrected chi connectivity index (χ3v) is 3.09. The summed E-state index contributed by atoms with van der Waals surface area (Å²) in [7, 11) is 1.47. The van der Waals surface area contributed by atoms with Gasteiger partial charge in [0, 0.05) is 24.3 Å². The molecule has 2 rings (SSSR count). The van der Waals surface area contributed by atoms with Crippen molar-refractivity contribution in [3.63, 3.8) is 0 Å². The van der Waals surface area contributed by atoms with Gasteiger partial charge in [-0.25, -0.2) is 0 Å². The molecule has 0 bridgehead atoms. The highest BCUT2D eigenvalue weighted by Crippen LogP contribution is 2.25. The average molecular weight is 254 g/mol. The number of benzene rings is 2. The Morgan fingerprint density at radius 3 is 1.53 bits per heavy atom. The molecule has 2 aromatic carbocycles. The van der Waals surface area contributed by atoms with Crippen LogP contribution in [0.25, 0.3) is 0 Å². The van der Waals surface area contributed by atoms with Gasteiger partial charge in [0.05, 0.1) is 11.1 Å². The zero-order valence-corrected chi connectivity index (χ0v) is 11.5. The lowest BCUT2D eigenvalue weighted by molar-refractivity contribution is 0.351. The third kappa shape index (κ3) is 2.97. The van der Waals surface area contributed by atoms with E-state index in [0.717, 1.165) is 11.1 Å². The first-order valence-electron chi connectivity index (χ1n) is 6.23. The number of hydrogen-bond donors (Lipinski definition) is 0. The van der Waals surface area contributed by atoms with Gasteiger partial charge in [-0.3, -0.25) is 0 Å². The molecule has 0 amide bonds. The molecule has 0 aliphatic carbocycles. The van der Waals surface area contributed by atoms with Crippen molar-refractivity contribution in [1.29, 1.82) is 0 Å². The normalized spacial score (nSPS) is 10.1. The van der Waals surface area contributed by atoms with E-state index in [9.17, 15) is 4.79 Å². The second-order valence-electron chi connectivity index (χ2n) is 4.62. The van der Waals surface area contributed by atoms with Gasteiger partial charge < -0.3 is 9.53 Å². The van der Waals surface area contributed by atoms with Crippen molar-refractivity contribution in [2.75, 3.05) is 7.11 Å². The first-order chi connectivity index (χ1) is 9.11. The van der Waals surface area contributed by atoms with Crippen molar-refractivity contribution < 1.29 is 9.53 Å². The van der Waals surface area contributed by atoms with Crippen LogP contribution >= 0.6 is 0 Å². The lowest BCUT2D eigenvalue weighted by atomic mass is 9.90. The molecule has 0 aliphatic heterocycles. The molecule has 19 heavy (non-hydrogen) atoms. The van der Waals surface area contributed by atoms with E-state index >= 15 is 0 Å². The first kappa shape index (κ1) is 13.2. The Morgan fingerprint density at radius 2 is 1.21 bits per heavy atom. The summed E-state index contributed by atoms with van der Waals surface area (Å²) in [5, 5.41) is 0. The minimum absolute atomic E-state index is 0.0623. The quantitative estimate of drug-likeness (QED) is 0.469. The number of ether oxygens (including phenoxy) is 1. The van der Waals surface area contributed by atoms with Crippen LogP contribution < -0.4 is 0 Å². The number of carbonyl (C=O) groups excluding carboxylic acids is 1. The molecule has 0 radical (unpaired) electrons. The van der Waals surface area contributed by atoms with Crippen LogP contribution in [0.5, 0.6) is 0 Å². The predicted octanol–water partition coefficient (Wildman–Crippen LogP) is 3.42. The van der Waals surface area contributed by atoms with Gasteiger partial charge in [-0.1, -0.05) is 0 Å². The van der Waals surface area contributed by atoms with Crippen LogP contribution in [0.2, 0.25) is 0 Å². The smallest absolute Gasteiger partial charge is 0.328 e. The highest BCUT2D eigenvalue weighted by Gasteiger charge is 2.36. The maximum Gasteiger partial charge on any atom is 0.556 e. The molecule has 0 aromatic heterocycles. The Kier molecular flexibility index (Phi) is 3.91. The van der Waals surface area contributed by atoms with E-state index in [2.05, 4.69) is 0 Å². The molecule has 2 aromatic rings. The van der Waals surface area contributed by atoms with Crippen molar-refractivity contribution >= 4 is 5.97 Å². The monoisotopic (exact) mass is 254 g/mol. The van der Waals surface area contributed by atoms with E-state index < -0.39 is 0 Å². The van der Waals surface area contributed by atoms with Gasteiger partial charge in [0.2, 0.25) is 5.92 Å². The van der Waals surface area contributed by atoms with Crippen LogP contribution in [0.15, 0.2) is 48.5 Å². The SMILES string of the molecule is COC(=[OH+])[C+](c1ccc(C)cc1)c1ccc(C)cc1. The van der Waals surface area contributed by atoms with Crippen molar-refractivity contribution in [2.45, 2.75) is 13.8 Å². The van der Waals surface area contributed by atoms with Crippen molar-refractivity contribution in [2.24, 2.45) is 0 Å². The summed E-state index contributed by atoms with van der Waals surface area (Å²) < 4.78 is 5.02. The second kappa shape index (κ2) is 5.61. The number of rotatable bonds is 3. The molecule has 2 nitrogen and oxygen atoms in total. The molecule has 0 fully saturated rings. The fourth-order valence-corrected chi connectivity index (χ4v) is 1.96. The minimum Gasteiger partial charge on any atom is -0.328 e. The Morgan fingerprint density at radius 1 is 0.842 bits per heavy atom. The fraction of sp³-hybridized carbons (Fsp3) is 0.176. The second-order valence-corrected chi connectivity index (χ2v) is 4.62. The van der Waals surface area contributed by atoms with Gasteiger partial charge in [0.25, 0.3) is 0 Å².